The van der Waals surface area contributed by atoms with Gasteiger partial charge in [0.2, 0.25) is 0 Å². The van der Waals surface area contributed by atoms with Gasteiger partial charge >= 0.3 is 11.9 Å². The highest BCUT2D eigenvalue weighted by molar-refractivity contribution is 5.70. The van der Waals surface area contributed by atoms with Crippen molar-refractivity contribution in [3.63, 3.8) is 0 Å². The molecule has 0 aromatic heterocycles. The maximum Gasteiger partial charge on any atom is 0.306 e. The number of carboxylic acid groups (broad SMARTS) is 1. The van der Waals surface area contributed by atoms with Crippen molar-refractivity contribution < 1.29 is 42.9 Å². The fraction of sp³-hybridized carbons (Fsp3) is 0.929. The number of carboxylic acids is 1. The number of esters is 2. The molecule has 0 aromatic rings. The Hall–Kier alpha value is -1.97. The SMILES string of the molecule is CCCCCCCC/C=C\CCCCCCCCCC(=O)OC(COC(=O)CCCCCCCCCCCCCCCCCCCCCCCCCCCCCCCCCCCCCCC)COC(OCC[N+](C)(C)C)C(=O)[O-]. The largest absolute Gasteiger partial charge is 0.545 e. The molecule has 0 heterocycles. The zero-order valence-corrected chi connectivity index (χ0v) is 53.5. The predicted molar refractivity (Wildman–Crippen MR) is 334 cm³/mol. The Bertz CT molecular complexity index is 1300. The predicted octanol–water partition coefficient (Wildman–Crippen LogP) is 19.9. The van der Waals surface area contributed by atoms with Gasteiger partial charge in [0, 0.05) is 12.8 Å². The number of likely N-dealkylation sites (N-methyl/N-ethyl adjacent to an activating group) is 1. The van der Waals surface area contributed by atoms with E-state index in [1.807, 2.05) is 21.1 Å². The Kier molecular flexibility index (Phi) is 60.5. The van der Waals surface area contributed by atoms with E-state index in [9.17, 15) is 19.5 Å². The zero-order valence-electron chi connectivity index (χ0n) is 53.5. The molecule has 0 aromatic carbocycles. The van der Waals surface area contributed by atoms with Gasteiger partial charge in [0.05, 0.1) is 40.3 Å². The molecule has 79 heavy (non-hydrogen) atoms. The van der Waals surface area contributed by atoms with Gasteiger partial charge in [0.15, 0.2) is 12.4 Å². The summed E-state index contributed by atoms with van der Waals surface area (Å²) in [6.45, 7) is 4.81. The molecule has 468 valence electrons. The second-order valence-electron chi connectivity index (χ2n) is 25.2. The number of rotatable bonds is 66. The monoisotopic (exact) mass is 1120 g/mol. The number of nitrogens with zero attached hydrogens (tertiary/aromatic N) is 1. The molecule has 0 N–H and O–H groups in total. The summed E-state index contributed by atoms with van der Waals surface area (Å²) in [7, 11) is 5.94. The van der Waals surface area contributed by atoms with Gasteiger partial charge < -0.3 is 33.3 Å². The maximum absolute atomic E-state index is 12.9. The summed E-state index contributed by atoms with van der Waals surface area (Å²) < 4.78 is 22.8. The van der Waals surface area contributed by atoms with Crippen molar-refractivity contribution >= 4 is 17.9 Å². The summed E-state index contributed by atoms with van der Waals surface area (Å²) in [5.41, 5.74) is 0. The fourth-order valence-electron chi connectivity index (χ4n) is 10.7. The molecule has 2 unspecified atom stereocenters. The third-order valence-corrected chi connectivity index (χ3v) is 16.0. The van der Waals surface area contributed by atoms with E-state index in [1.165, 1.54) is 283 Å². The highest BCUT2D eigenvalue weighted by Crippen LogP contribution is 2.19. The van der Waals surface area contributed by atoms with Crippen LogP contribution in [0.4, 0.5) is 0 Å². The molecule has 0 saturated carbocycles. The number of allylic oxidation sites excluding steroid dienone is 2. The standard InChI is InChI=1S/C70H135NO8/c1-6-8-10-12-14-16-18-20-22-24-25-26-27-28-29-30-31-32-33-34-35-36-37-38-39-40-41-42-43-45-46-48-50-52-54-56-58-60-67(72)77-64-66(65-78-70(69(74)75)76-63-62-71(3,4)5)79-68(73)61-59-57-55-53-51-49-47-44-23-21-19-17-15-13-11-9-7-2/h21,23,66,70H,6-20,22,24-65H2,1-5H3/b23-21-. The van der Waals surface area contributed by atoms with Crippen LogP contribution in [0.2, 0.25) is 0 Å². The van der Waals surface area contributed by atoms with Crippen LogP contribution in [0.5, 0.6) is 0 Å². The van der Waals surface area contributed by atoms with Crippen molar-refractivity contribution in [2.75, 3.05) is 47.5 Å². The number of hydrogen-bond acceptors (Lipinski definition) is 8. The Morgan fingerprint density at radius 1 is 0.367 bits per heavy atom. The lowest BCUT2D eigenvalue weighted by molar-refractivity contribution is -0.870. The van der Waals surface area contributed by atoms with Crippen molar-refractivity contribution in [3.05, 3.63) is 12.2 Å². The van der Waals surface area contributed by atoms with E-state index in [4.69, 9.17) is 18.9 Å². The van der Waals surface area contributed by atoms with Gasteiger partial charge in [0.1, 0.15) is 13.2 Å². The average molecular weight is 1120 g/mol. The molecule has 0 amide bonds. The summed E-state index contributed by atoms with van der Waals surface area (Å²) in [5, 5.41) is 11.8. The number of aliphatic carboxylic acids is 1. The van der Waals surface area contributed by atoms with E-state index in [1.54, 1.807) is 0 Å². The van der Waals surface area contributed by atoms with E-state index in [-0.39, 0.29) is 32.2 Å². The molecule has 0 aliphatic carbocycles. The topological polar surface area (TPSA) is 111 Å². The van der Waals surface area contributed by atoms with E-state index in [2.05, 4.69) is 26.0 Å². The third-order valence-electron chi connectivity index (χ3n) is 16.0. The minimum atomic E-state index is -1.62. The van der Waals surface area contributed by atoms with Crippen molar-refractivity contribution in [2.45, 2.75) is 373 Å². The van der Waals surface area contributed by atoms with Crippen LogP contribution < -0.4 is 5.11 Å². The summed E-state index contributed by atoms with van der Waals surface area (Å²) in [6, 6.07) is 0. The molecule has 0 radical (unpaired) electrons. The first-order chi connectivity index (χ1) is 38.6. The van der Waals surface area contributed by atoms with Gasteiger partial charge in [-0.2, -0.15) is 0 Å². The molecule has 0 saturated heterocycles. The van der Waals surface area contributed by atoms with Crippen LogP contribution in [0.15, 0.2) is 12.2 Å². The zero-order chi connectivity index (χ0) is 57.6. The molecular formula is C70H135NO8. The maximum atomic E-state index is 12.9. The van der Waals surface area contributed by atoms with Gasteiger partial charge in [-0.05, 0) is 38.5 Å². The molecule has 0 spiro atoms. The van der Waals surface area contributed by atoms with E-state index in [0.717, 1.165) is 44.9 Å². The fourth-order valence-corrected chi connectivity index (χ4v) is 10.7. The van der Waals surface area contributed by atoms with Crippen LogP contribution in [0.1, 0.15) is 361 Å². The first-order valence-electron chi connectivity index (χ1n) is 34.8. The number of ether oxygens (including phenoxy) is 4. The molecule has 2 atom stereocenters. The summed E-state index contributed by atoms with van der Waals surface area (Å²) in [4.78, 5) is 37.4. The normalized spacial score (nSPS) is 12.7. The number of carbonyl (C=O) groups excluding carboxylic acids is 3. The van der Waals surface area contributed by atoms with Gasteiger partial charge in [-0.15, -0.1) is 0 Å². The molecule has 9 heteroatoms. The van der Waals surface area contributed by atoms with Crippen LogP contribution >= 0.6 is 0 Å². The van der Waals surface area contributed by atoms with Crippen LogP contribution in [0, 0.1) is 0 Å². The van der Waals surface area contributed by atoms with Crippen LogP contribution in [0.3, 0.4) is 0 Å². The molecule has 0 fully saturated rings. The van der Waals surface area contributed by atoms with Crippen LogP contribution in [0.25, 0.3) is 0 Å². The van der Waals surface area contributed by atoms with Gasteiger partial charge in [-0.1, -0.05) is 321 Å². The minimum absolute atomic E-state index is 0.151. The van der Waals surface area contributed by atoms with Crippen molar-refractivity contribution in [2.24, 2.45) is 0 Å². The Balaban J connectivity index is 3.93. The highest BCUT2D eigenvalue weighted by Gasteiger charge is 2.22. The van der Waals surface area contributed by atoms with Crippen molar-refractivity contribution in [1.29, 1.82) is 0 Å². The minimum Gasteiger partial charge on any atom is -0.545 e. The number of unbranched alkanes of at least 4 members (excludes halogenated alkanes) is 49. The Morgan fingerprint density at radius 2 is 0.646 bits per heavy atom. The molecule has 0 aliphatic rings. The molecule has 0 rings (SSSR count). The second kappa shape index (κ2) is 62.1. The number of hydrogen-bond donors (Lipinski definition) is 0. The Labute approximate surface area is 491 Å². The smallest absolute Gasteiger partial charge is 0.306 e. The number of carbonyl (C=O) groups is 3. The van der Waals surface area contributed by atoms with Gasteiger partial charge in [-0.3, -0.25) is 9.59 Å². The van der Waals surface area contributed by atoms with Gasteiger partial charge in [-0.25, -0.2) is 0 Å². The van der Waals surface area contributed by atoms with Crippen molar-refractivity contribution in [1.82, 2.24) is 0 Å². The Morgan fingerprint density at radius 3 is 0.937 bits per heavy atom. The molecule has 9 nitrogen and oxygen atoms in total. The summed E-state index contributed by atoms with van der Waals surface area (Å²) >= 11 is 0. The number of quaternary nitrogens is 1. The van der Waals surface area contributed by atoms with E-state index >= 15 is 0 Å². The third kappa shape index (κ3) is 63.5. The molecular weight excluding hydrogens is 983 g/mol. The molecule has 0 bridgehead atoms. The quantitative estimate of drug-likeness (QED) is 0.0195. The average Bonchev–Trinajstić information content (AvgIpc) is 3.42. The van der Waals surface area contributed by atoms with E-state index < -0.39 is 24.3 Å². The first-order valence-corrected chi connectivity index (χ1v) is 34.8. The highest BCUT2D eigenvalue weighted by atomic mass is 16.7. The lowest BCUT2D eigenvalue weighted by atomic mass is 10.0. The lowest BCUT2D eigenvalue weighted by Crippen LogP contribution is -2.44. The van der Waals surface area contributed by atoms with Crippen LogP contribution in [-0.2, 0) is 33.3 Å². The van der Waals surface area contributed by atoms with Crippen LogP contribution in [-0.4, -0.2) is 82.3 Å². The van der Waals surface area contributed by atoms with Gasteiger partial charge in [0.25, 0.3) is 0 Å². The summed E-state index contributed by atoms with van der Waals surface area (Å²) in [6.07, 6.45) is 71.8. The second-order valence-corrected chi connectivity index (χ2v) is 25.2. The van der Waals surface area contributed by atoms with Crippen molar-refractivity contribution in [3.8, 4) is 0 Å². The molecule has 0 aliphatic heterocycles. The summed E-state index contributed by atoms with van der Waals surface area (Å²) in [5.74, 6) is -2.26. The van der Waals surface area contributed by atoms with E-state index in [0.29, 0.717) is 23.9 Å². The first kappa shape index (κ1) is 77.0. The lowest BCUT2D eigenvalue weighted by Gasteiger charge is -2.26.